The summed E-state index contributed by atoms with van der Waals surface area (Å²) in [4.78, 5) is 29.4. The van der Waals surface area contributed by atoms with E-state index in [2.05, 4.69) is 34.3 Å². The van der Waals surface area contributed by atoms with E-state index in [0.29, 0.717) is 27.4 Å². The monoisotopic (exact) mass is 447 g/mol. The van der Waals surface area contributed by atoms with E-state index in [0.717, 1.165) is 23.4 Å². The zero-order valence-corrected chi connectivity index (χ0v) is 19.3. The van der Waals surface area contributed by atoms with Gasteiger partial charge in [-0.2, -0.15) is 0 Å². The number of hydrogen-bond donors (Lipinski definition) is 1. The first-order chi connectivity index (χ1) is 14.3. The van der Waals surface area contributed by atoms with Crippen LogP contribution in [0.1, 0.15) is 48.1 Å². The number of anilines is 1. The van der Waals surface area contributed by atoms with Crippen molar-refractivity contribution in [3.63, 3.8) is 0 Å². The number of amides is 1. The Morgan fingerprint density at radius 1 is 1.30 bits per heavy atom. The number of carbonyl (C=O) groups excluding carboxylic acids is 2. The third-order valence-electron chi connectivity index (χ3n) is 4.22. The summed E-state index contributed by atoms with van der Waals surface area (Å²) in [6.07, 6.45) is 0.743. The fourth-order valence-electron chi connectivity index (χ4n) is 3.09. The van der Waals surface area contributed by atoms with Gasteiger partial charge in [0.1, 0.15) is 5.00 Å². The standard InChI is InChI=1S/C20H25N5O3S2/c1-6-28-18(27)16-14(7-11(2)3)9-29-17(16)22-15(26)10-30-20-24-23-19-21-12(4)8-13(5)25(19)20/h8-9,11H,6-7,10H2,1-5H3,(H,22,26). The van der Waals surface area contributed by atoms with Crippen LogP contribution >= 0.6 is 23.1 Å². The summed E-state index contributed by atoms with van der Waals surface area (Å²) in [5, 5.41) is 14.1. The van der Waals surface area contributed by atoms with Gasteiger partial charge in [0.25, 0.3) is 5.78 Å². The number of aromatic nitrogens is 4. The molecule has 0 saturated heterocycles. The number of aryl methyl sites for hydroxylation is 2. The maximum absolute atomic E-state index is 12.6. The van der Waals surface area contributed by atoms with Gasteiger partial charge in [-0.3, -0.25) is 9.20 Å². The van der Waals surface area contributed by atoms with Crippen molar-refractivity contribution >= 4 is 45.8 Å². The van der Waals surface area contributed by atoms with Crippen LogP contribution < -0.4 is 5.32 Å². The lowest BCUT2D eigenvalue weighted by molar-refractivity contribution is -0.113. The molecule has 1 amide bonds. The molecule has 0 aliphatic carbocycles. The van der Waals surface area contributed by atoms with Crippen molar-refractivity contribution in [1.82, 2.24) is 19.6 Å². The first-order valence-corrected chi connectivity index (χ1v) is 11.6. The summed E-state index contributed by atoms with van der Waals surface area (Å²) in [7, 11) is 0. The lowest BCUT2D eigenvalue weighted by Crippen LogP contribution is -2.17. The highest BCUT2D eigenvalue weighted by atomic mass is 32.2. The molecule has 1 N–H and O–H groups in total. The summed E-state index contributed by atoms with van der Waals surface area (Å²) in [6, 6.07) is 1.94. The highest BCUT2D eigenvalue weighted by Gasteiger charge is 2.22. The third-order valence-corrected chi connectivity index (χ3v) is 6.10. The number of thioether (sulfide) groups is 1. The minimum absolute atomic E-state index is 0.133. The third kappa shape index (κ3) is 4.99. The number of esters is 1. The van der Waals surface area contributed by atoms with Gasteiger partial charge in [0.15, 0.2) is 5.16 Å². The summed E-state index contributed by atoms with van der Waals surface area (Å²) >= 11 is 2.62. The number of nitrogens with zero attached hydrogens (tertiary/aromatic N) is 4. The second-order valence-corrected chi connectivity index (χ2v) is 9.10. The van der Waals surface area contributed by atoms with E-state index < -0.39 is 5.97 Å². The first kappa shape index (κ1) is 22.2. The van der Waals surface area contributed by atoms with Crippen molar-refractivity contribution in [2.45, 2.75) is 46.2 Å². The van der Waals surface area contributed by atoms with Gasteiger partial charge in [-0.05, 0) is 50.1 Å². The molecule has 0 radical (unpaired) electrons. The van der Waals surface area contributed by atoms with E-state index >= 15 is 0 Å². The molecule has 0 fully saturated rings. The zero-order valence-electron chi connectivity index (χ0n) is 17.7. The molecule has 3 aromatic heterocycles. The van der Waals surface area contributed by atoms with E-state index in [9.17, 15) is 9.59 Å². The van der Waals surface area contributed by atoms with E-state index in [1.165, 1.54) is 23.1 Å². The molecular formula is C20H25N5O3S2. The number of hydrogen-bond acceptors (Lipinski definition) is 8. The summed E-state index contributed by atoms with van der Waals surface area (Å²) in [5.41, 5.74) is 3.17. The van der Waals surface area contributed by atoms with E-state index in [1.807, 2.05) is 29.7 Å². The van der Waals surface area contributed by atoms with Crippen molar-refractivity contribution in [1.29, 1.82) is 0 Å². The van der Waals surface area contributed by atoms with Crippen LogP contribution in [0.4, 0.5) is 5.00 Å². The molecule has 0 aliphatic heterocycles. The van der Waals surface area contributed by atoms with Crippen LogP contribution in [0.2, 0.25) is 0 Å². The number of thiophene rings is 1. The van der Waals surface area contributed by atoms with Crippen LogP contribution in [0.3, 0.4) is 0 Å². The van der Waals surface area contributed by atoms with Crippen LogP contribution in [-0.4, -0.2) is 43.8 Å². The molecule has 0 aliphatic rings. The number of fused-ring (bicyclic) bond motifs is 1. The van der Waals surface area contributed by atoms with Crippen LogP contribution in [0.15, 0.2) is 16.6 Å². The van der Waals surface area contributed by atoms with Gasteiger partial charge < -0.3 is 10.1 Å². The highest BCUT2D eigenvalue weighted by molar-refractivity contribution is 7.99. The highest BCUT2D eigenvalue weighted by Crippen LogP contribution is 2.31. The molecule has 8 nitrogen and oxygen atoms in total. The van der Waals surface area contributed by atoms with Crippen LogP contribution in [-0.2, 0) is 16.0 Å². The lowest BCUT2D eigenvalue weighted by atomic mass is 10.0. The van der Waals surface area contributed by atoms with Crippen LogP contribution in [0.5, 0.6) is 0 Å². The molecule has 0 atom stereocenters. The first-order valence-electron chi connectivity index (χ1n) is 9.69. The van der Waals surface area contributed by atoms with Gasteiger partial charge in [-0.1, -0.05) is 25.6 Å². The van der Waals surface area contributed by atoms with Crippen molar-refractivity contribution in [3.8, 4) is 0 Å². The summed E-state index contributed by atoms with van der Waals surface area (Å²) in [5.74, 6) is 0.398. The van der Waals surface area contributed by atoms with Crippen LogP contribution in [0, 0.1) is 19.8 Å². The molecule has 0 saturated carbocycles. The Labute approximate surface area is 183 Å². The largest absolute Gasteiger partial charge is 0.462 e. The molecule has 0 aromatic carbocycles. The topological polar surface area (TPSA) is 98.5 Å². The van der Waals surface area contributed by atoms with Gasteiger partial charge in [0.05, 0.1) is 17.9 Å². The molecule has 3 heterocycles. The van der Waals surface area contributed by atoms with Crippen molar-refractivity contribution in [3.05, 3.63) is 34.0 Å². The maximum atomic E-state index is 12.6. The Morgan fingerprint density at radius 3 is 2.77 bits per heavy atom. The van der Waals surface area contributed by atoms with Crippen molar-refractivity contribution in [2.75, 3.05) is 17.7 Å². The SMILES string of the molecule is CCOC(=O)c1c(CC(C)C)csc1NC(=O)CSc1nnc2nc(C)cc(C)n12. The Bertz CT molecular complexity index is 1070. The average Bonchev–Trinajstić information content (AvgIpc) is 3.23. The van der Waals surface area contributed by atoms with Gasteiger partial charge in [-0.15, -0.1) is 21.5 Å². The van der Waals surface area contributed by atoms with Gasteiger partial charge >= 0.3 is 5.97 Å². The van der Waals surface area contributed by atoms with Crippen molar-refractivity contribution < 1.29 is 14.3 Å². The smallest absolute Gasteiger partial charge is 0.341 e. The lowest BCUT2D eigenvalue weighted by Gasteiger charge is -2.10. The number of nitrogens with one attached hydrogen (secondary N) is 1. The summed E-state index contributed by atoms with van der Waals surface area (Å²) in [6.45, 7) is 10.1. The quantitative estimate of drug-likeness (QED) is 0.413. The summed E-state index contributed by atoms with van der Waals surface area (Å²) < 4.78 is 7.02. The predicted octanol–water partition coefficient (Wildman–Crippen LogP) is 3.91. The molecular weight excluding hydrogens is 422 g/mol. The number of carbonyl (C=O) groups is 2. The molecule has 3 rings (SSSR count). The minimum Gasteiger partial charge on any atom is -0.462 e. The predicted molar refractivity (Wildman–Crippen MR) is 118 cm³/mol. The number of ether oxygens (including phenoxy) is 1. The van der Waals surface area contributed by atoms with Crippen molar-refractivity contribution in [2.24, 2.45) is 5.92 Å². The van der Waals surface area contributed by atoms with Gasteiger partial charge in [-0.25, -0.2) is 9.78 Å². The molecule has 30 heavy (non-hydrogen) atoms. The normalized spacial score (nSPS) is 11.3. The average molecular weight is 448 g/mol. The van der Waals surface area contributed by atoms with Gasteiger partial charge in [0, 0.05) is 11.4 Å². The molecule has 0 unspecified atom stereocenters. The second-order valence-electron chi connectivity index (χ2n) is 7.28. The van der Waals surface area contributed by atoms with E-state index in [1.54, 1.807) is 6.92 Å². The maximum Gasteiger partial charge on any atom is 0.341 e. The fourth-order valence-corrected chi connectivity index (χ4v) is 4.85. The molecule has 3 aromatic rings. The molecule has 160 valence electrons. The Morgan fingerprint density at radius 2 is 2.07 bits per heavy atom. The minimum atomic E-state index is -0.405. The van der Waals surface area contributed by atoms with E-state index in [4.69, 9.17) is 4.74 Å². The second kappa shape index (κ2) is 9.57. The number of rotatable bonds is 8. The van der Waals surface area contributed by atoms with E-state index in [-0.39, 0.29) is 18.3 Å². The Hall–Kier alpha value is -2.46. The fraction of sp³-hybridized carbons (Fsp3) is 0.450. The molecule has 10 heteroatoms. The van der Waals surface area contributed by atoms with Crippen LogP contribution in [0.25, 0.3) is 5.78 Å². The zero-order chi connectivity index (χ0) is 21.8. The van der Waals surface area contributed by atoms with Gasteiger partial charge in [0.2, 0.25) is 5.91 Å². The molecule has 0 bridgehead atoms. The molecule has 0 spiro atoms. The Balaban J connectivity index is 1.74. The Kier molecular flexibility index (Phi) is 7.09.